The molecular weight excluding hydrogens is 334 g/mol. The Morgan fingerprint density at radius 2 is 1.96 bits per heavy atom. The van der Waals surface area contributed by atoms with Crippen LogP contribution in [0.5, 0.6) is 0 Å². The van der Waals surface area contributed by atoms with E-state index in [1.807, 2.05) is 11.1 Å². The monoisotopic (exact) mass is 361 g/mol. The van der Waals surface area contributed by atoms with Crippen molar-refractivity contribution in [2.45, 2.75) is 18.9 Å². The van der Waals surface area contributed by atoms with E-state index in [0.717, 1.165) is 25.9 Å². The Morgan fingerprint density at radius 1 is 1.27 bits per heavy atom. The summed E-state index contributed by atoms with van der Waals surface area (Å²) in [5, 5.41) is 3.35. The molecule has 0 aromatic carbocycles. The van der Waals surface area contributed by atoms with Crippen molar-refractivity contribution in [2.24, 2.45) is 0 Å². The minimum atomic E-state index is -0.252. The van der Waals surface area contributed by atoms with Gasteiger partial charge in [-0.3, -0.25) is 14.5 Å². The molecule has 0 spiro atoms. The minimum Gasteiger partial charge on any atom is -0.468 e. The summed E-state index contributed by atoms with van der Waals surface area (Å²) in [6.45, 7) is 8.69. The maximum atomic E-state index is 12.9. The number of rotatable bonds is 5. The molecule has 142 valence electrons. The van der Waals surface area contributed by atoms with Crippen LogP contribution < -0.4 is 5.32 Å². The highest BCUT2D eigenvalue weighted by Crippen LogP contribution is 2.24. The number of nitrogens with one attached hydrogen (secondary N) is 1. The number of carbonyl (C=O) groups excluding carboxylic acids is 2. The number of piperidine rings is 1. The number of aromatic nitrogens is 2. The van der Waals surface area contributed by atoms with Gasteiger partial charge in [-0.15, -0.1) is 0 Å². The second-order valence-corrected chi connectivity index (χ2v) is 6.76. The third-order valence-electron chi connectivity index (χ3n) is 5.14. The lowest BCUT2D eigenvalue weighted by atomic mass is 10.1. The van der Waals surface area contributed by atoms with Crippen molar-refractivity contribution in [1.29, 1.82) is 0 Å². The van der Waals surface area contributed by atoms with Gasteiger partial charge in [-0.1, -0.05) is 6.58 Å². The number of piperazine rings is 1. The van der Waals surface area contributed by atoms with E-state index in [4.69, 9.17) is 4.74 Å². The second-order valence-electron chi connectivity index (χ2n) is 6.76. The number of nitrogens with zero attached hydrogens (tertiary/aromatic N) is 4. The molecule has 8 nitrogen and oxygen atoms in total. The second kappa shape index (κ2) is 8.46. The summed E-state index contributed by atoms with van der Waals surface area (Å²) in [5.41, 5.74) is 0.440. The first-order chi connectivity index (χ1) is 12.6. The molecule has 3 rings (SSSR count). The van der Waals surface area contributed by atoms with Crippen LogP contribution in [0, 0.1) is 0 Å². The summed E-state index contributed by atoms with van der Waals surface area (Å²) in [7, 11) is 1.39. The lowest BCUT2D eigenvalue weighted by Gasteiger charge is -2.34. The highest BCUT2D eigenvalue weighted by Gasteiger charge is 2.27. The highest BCUT2D eigenvalue weighted by atomic mass is 16.5. The molecule has 0 bridgehead atoms. The molecule has 2 aliphatic heterocycles. The van der Waals surface area contributed by atoms with Crippen molar-refractivity contribution in [3.63, 3.8) is 0 Å². The van der Waals surface area contributed by atoms with Crippen LogP contribution in [-0.4, -0.2) is 84.2 Å². The number of hydrogen-bond donors (Lipinski definition) is 1. The number of esters is 1. The number of amides is 1. The highest BCUT2D eigenvalue weighted by molar-refractivity contribution is 6.17. The molecule has 1 aromatic rings. The van der Waals surface area contributed by atoms with E-state index in [1.165, 1.54) is 7.11 Å². The zero-order chi connectivity index (χ0) is 18.5. The maximum Gasteiger partial charge on any atom is 0.319 e. The molecule has 0 radical (unpaired) electrons. The number of hydrogen-bond acceptors (Lipinski definition) is 6. The van der Waals surface area contributed by atoms with Crippen LogP contribution in [0.4, 0.5) is 0 Å². The van der Waals surface area contributed by atoms with E-state index in [1.54, 1.807) is 11.1 Å². The first-order valence-electron chi connectivity index (χ1n) is 9.11. The van der Waals surface area contributed by atoms with E-state index in [0.29, 0.717) is 43.6 Å². The van der Waals surface area contributed by atoms with Crippen molar-refractivity contribution >= 4 is 17.4 Å². The van der Waals surface area contributed by atoms with Crippen molar-refractivity contribution < 1.29 is 14.3 Å². The van der Waals surface area contributed by atoms with Crippen LogP contribution in [0.3, 0.4) is 0 Å². The predicted molar refractivity (Wildman–Crippen MR) is 97.4 cm³/mol. The van der Waals surface area contributed by atoms with Gasteiger partial charge in [0.15, 0.2) is 0 Å². The smallest absolute Gasteiger partial charge is 0.319 e. The lowest BCUT2D eigenvalue weighted by molar-refractivity contribution is -0.142. The summed E-state index contributed by atoms with van der Waals surface area (Å²) in [5.74, 6) is 0.334. The van der Waals surface area contributed by atoms with Crippen LogP contribution in [-0.2, 0) is 14.3 Å². The first-order valence-corrected chi connectivity index (χ1v) is 9.11. The molecule has 1 N–H and O–H groups in total. The Morgan fingerprint density at radius 3 is 2.62 bits per heavy atom. The lowest BCUT2D eigenvalue weighted by Crippen LogP contribution is -2.50. The third kappa shape index (κ3) is 4.13. The molecule has 26 heavy (non-hydrogen) atoms. The van der Waals surface area contributed by atoms with Gasteiger partial charge in [0.05, 0.1) is 19.2 Å². The Bertz CT molecular complexity index is 658. The van der Waals surface area contributed by atoms with Crippen molar-refractivity contribution in [3.8, 4) is 0 Å². The van der Waals surface area contributed by atoms with Crippen molar-refractivity contribution in [2.75, 3.05) is 52.9 Å². The van der Waals surface area contributed by atoms with Gasteiger partial charge in [-0.25, -0.2) is 4.98 Å². The quantitative estimate of drug-likeness (QED) is 0.594. The standard InChI is InChI=1S/C18H27N5O3/c1-14(17-20-7-8-23(17)15-3-5-19-6-4-15)18(25)22-11-9-21(10-12-22)13-16(24)26-2/h7-8,15,19H,1,3-6,9-13H2,2H3. The minimum absolute atomic E-state index is 0.0795. The maximum absolute atomic E-state index is 12.9. The van der Waals surface area contributed by atoms with E-state index >= 15 is 0 Å². The molecule has 2 aliphatic rings. The molecule has 0 saturated carbocycles. The van der Waals surface area contributed by atoms with Crippen LogP contribution >= 0.6 is 0 Å². The van der Waals surface area contributed by atoms with Crippen LogP contribution in [0.25, 0.3) is 5.57 Å². The van der Waals surface area contributed by atoms with Gasteiger partial charge in [0, 0.05) is 44.6 Å². The van der Waals surface area contributed by atoms with Gasteiger partial charge in [-0.05, 0) is 25.9 Å². The molecule has 8 heteroatoms. The van der Waals surface area contributed by atoms with Gasteiger partial charge < -0.3 is 19.5 Å². The van der Waals surface area contributed by atoms with Gasteiger partial charge in [0.25, 0.3) is 5.91 Å². The average molecular weight is 361 g/mol. The Balaban J connectivity index is 1.60. The van der Waals surface area contributed by atoms with E-state index in [2.05, 4.69) is 21.4 Å². The third-order valence-corrected chi connectivity index (χ3v) is 5.14. The summed E-state index contributed by atoms with van der Waals surface area (Å²) in [4.78, 5) is 32.4. The number of imidazole rings is 1. The molecule has 3 heterocycles. The Hall–Kier alpha value is -2.19. The normalized spacial score (nSPS) is 19.3. The van der Waals surface area contributed by atoms with Crippen LogP contribution in [0.15, 0.2) is 19.0 Å². The van der Waals surface area contributed by atoms with Crippen LogP contribution in [0.1, 0.15) is 24.7 Å². The average Bonchev–Trinajstić information content (AvgIpc) is 3.18. The molecular formula is C18H27N5O3. The summed E-state index contributed by atoms with van der Waals surface area (Å²) in [6.07, 6.45) is 5.73. The molecule has 0 atom stereocenters. The molecule has 0 aliphatic carbocycles. The molecule has 2 fully saturated rings. The van der Waals surface area contributed by atoms with Crippen molar-refractivity contribution in [1.82, 2.24) is 24.7 Å². The molecule has 2 saturated heterocycles. The Kier molecular flexibility index (Phi) is 6.05. The van der Waals surface area contributed by atoms with Gasteiger partial charge >= 0.3 is 5.97 Å². The molecule has 1 aromatic heterocycles. The SMILES string of the molecule is C=C(C(=O)N1CCN(CC(=O)OC)CC1)c1nccn1C1CCNCC1. The fourth-order valence-corrected chi connectivity index (χ4v) is 3.57. The van der Waals surface area contributed by atoms with Crippen LogP contribution in [0.2, 0.25) is 0 Å². The zero-order valence-electron chi connectivity index (χ0n) is 15.3. The fraction of sp³-hybridized carbons (Fsp3) is 0.611. The largest absolute Gasteiger partial charge is 0.468 e. The number of carbonyl (C=O) groups is 2. The van der Waals surface area contributed by atoms with Gasteiger partial charge in [0.1, 0.15) is 5.82 Å². The summed E-state index contributed by atoms with van der Waals surface area (Å²) < 4.78 is 6.79. The Labute approximate surface area is 153 Å². The van der Waals surface area contributed by atoms with Gasteiger partial charge in [-0.2, -0.15) is 0 Å². The number of methoxy groups -OCH3 is 1. The fourth-order valence-electron chi connectivity index (χ4n) is 3.57. The first kappa shape index (κ1) is 18.6. The zero-order valence-corrected chi connectivity index (χ0v) is 15.3. The van der Waals surface area contributed by atoms with E-state index < -0.39 is 0 Å². The predicted octanol–water partition coefficient (Wildman–Crippen LogP) is 0.138. The van der Waals surface area contributed by atoms with E-state index in [9.17, 15) is 9.59 Å². The van der Waals surface area contributed by atoms with Gasteiger partial charge in [0.2, 0.25) is 0 Å². The summed E-state index contributed by atoms with van der Waals surface area (Å²) in [6, 6.07) is 0.357. The molecule has 0 unspecified atom stereocenters. The summed E-state index contributed by atoms with van der Waals surface area (Å²) >= 11 is 0. The van der Waals surface area contributed by atoms with E-state index in [-0.39, 0.29) is 18.4 Å². The molecule has 1 amide bonds. The topological polar surface area (TPSA) is 79.7 Å². The number of ether oxygens (including phenoxy) is 1. The van der Waals surface area contributed by atoms with Crippen molar-refractivity contribution in [3.05, 3.63) is 24.8 Å².